The van der Waals surface area contributed by atoms with Crippen molar-refractivity contribution in [1.29, 1.82) is 0 Å². The SMILES string of the molecule is CC(C)[C@H](O)C(=O)N[C@H]1Cc2ccc3c(c2)C2(C4=C(CCC=C4)NC2O3)c2oc(nc2-c2ncc(C3CNc4ccccc43)o2)[C@H](C(C)C)NC1=O. The van der Waals surface area contributed by atoms with E-state index in [0.29, 0.717) is 41.3 Å². The molecule has 5 aliphatic rings. The number of rotatable bonds is 6. The summed E-state index contributed by atoms with van der Waals surface area (Å²) in [5.74, 6) is 0.981. The number of para-hydroxylation sites is 1. The molecule has 0 saturated carbocycles. The molecule has 2 aromatic heterocycles. The number of carbonyl (C=O) groups excluding carboxylic acids is 2. The van der Waals surface area contributed by atoms with Crippen LogP contribution in [0.2, 0.25) is 0 Å². The van der Waals surface area contributed by atoms with Crippen LogP contribution in [0, 0.1) is 11.8 Å². The third-order valence-corrected chi connectivity index (χ3v) is 11.1. The van der Waals surface area contributed by atoms with Crippen molar-refractivity contribution in [2.75, 3.05) is 11.9 Å². The van der Waals surface area contributed by atoms with E-state index in [-0.39, 0.29) is 24.2 Å². The Morgan fingerprint density at radius 2 is 1.94 bits per heavy atom. The fourth-order valence-electron chi connectivity index (χ4n) is 8.35. The molecule has 0 saturated heterocycles. The van der Waals surface area contributed by atoms with Crippen LogP contribution in [-0.4, -0.2) is 51.8 Å². The monoisotopic (exact) mass is 702 g/mol. The summed E-state index contributed by atoms with van der Waals surface area (Å²) in [5, 5.41) is 23.7. The van der Waals surface area contributed by atoms with Gasteiger partial charge in [0.15, 0.2) is 17.7 Å². The number of allylic oxidation sites excluding steroid dienone is 3. The Labute approximate surface area is 301 Å². The van der Waals surface area contributed by atoms with E-state index < -0.39 is 41.6 Å². The summed E-state index contributed by atoms with van der Waals surface area (Å²) in [4.78, 5) is 37.3. The quantitative estimate of drug-likeness (QED) is 0.185. The Balaban J connectivity index is 1.24. The van der Waals surface area contributed by atoms with Gasteiger partial charge in [0.1, 0.15) is 35.1 Å². The summed E-state index contributed by atoms with van der Waals surface area (Å²) >= 11 is 0. The molecule has 6 atom stereocenters. The third kappa shape index (κ3) is 4.91. The van der Waals surface area contributed by atoms with Crippen molar-refractivity contribution in [2.24, 2.45) is 11.8 Å². The number of amides is 2. The maximum atomic E-state index is 14.1. The molecule has 0 radical (unpaired) electrons. The first-order valence-electron chi connectivity index (χ1n) is 18.2. The highest BCUT2D eigenvalue weighted by molar-refractivity contribution is 5.90. The molecule has 12 nitrogen and oxygen atoms in total. The lowest BCUT2D eigenvalue weighted by Crippen LogP contribution is -2.52. The van der Waals surface area contributed by atoms with Crippen molar-refractivity contribution >= 4 is 17.5 Å². The number of aliphatic hydroxyl groups excluding tert-OH is 1. The Kier molecular flexibility index (Phi) is 7.58. The van der Waals surface area contributed by atoms with Crippen LogP contribution in [0.25, 0.3) is 11.6 Å². The predicted octanol–water partition coefficient (Wildman–Crippen LogP) is 4.97. The molecule has 3 unspecified atom stereocenters. The molecule has 9 rings (SSSR count). The van der Waals surface area contributed by atoms with E-state index in [0.717, 1.165) is 46.5 Å². The molecule has 268 valence electrons. The first-order valence-corrected chi connectivity index (χ1v) is 18.2. The normalized spacial score (nSPS) is 26.0. The Bertz CT molecular complexity index is 2160. The maximum absolute atomic E-state index is 14.1. The highest BCUT2D eigenvalue weighted by Crippen LogP contribution is 2.58. The van der Waals surface area contributed by atoms with Gasteiger partial charge in [-0.25, -0.2) is 9.97 Å². The van der Waals surface area contributed by atoms with Crippen LogP contribution < -0.4 is 26.0 Å². The third-order valence-electron chi connectivity index (χ3n) is 11.1. The summed E-state index contributed by atoms with van der Waals surface area (Å²) in [7, 11) is 0. The standard InChI is InChI=1S/C40H42N6O6/c1-19(2)31-38-46-32(37-42-18-30(50-37)23-17-41-26-11-7-5-9-22(23)26)34(52-38)40-24-10-6-8-12-27(24)44-39(40)51-29-14-13-21(15-25(29)40)16-28(35(48)45-31)43-36(49)33(47)20(3)4/h5-7,9-11,13-15,18-20,23,28,31,33,39,41,44,47H,8,12,16-17H2,1-4H3,(H,43,49)(H,45,48)/t23?,28-,31-,33-,39?,40?/m0/s1. The molecule has 4 aliphatic heterocycles. The van der Waals surface area contributed by atoms with Gasteiger partial charge in [0.25, 0.3) is 0 Å². The van der Waals surface area contributed by atoms with Crippen molar-refractivity contribution in [3.63, 3.8) is 0 Å². The highest BCUT2D eigenvalue weighted by Gasteiger charge is 2.61. The molecule has 2 aromatic carbocycles. The minimum absolute atomic E-state index is 0.0295. The fourth-order valence-corrected chi connectivity index (χ4v) is 8.35. The molecule has 0 fully saturated rings. The summed E-state index contributed by atoms with van der Waals surface area (Å²) in [6.07, 6.45) is 6.16. The van der Waals surface area contributed by atoms with Gasteiger partial charge >= 0.3 is 0 Å². The second-order valence-corrected chi connectivity index (χ2v) is 15.1. The van der Waals surface area contributed by atoms with Gasteiger partial charge in [-0.3, -0.25) is 9.59 Å². The summed E-state index contributed by atoms with van der Waals surface area (Å²) in [6, 6.07) is 12.4. The molecular formula is C40H42N6O6. The number of hydrogen-bond donors (Lipinski definition) is 5. The number of nitrogens with zero attached hydrogens (tertiary/aromatic N) is 2. The molecule has 4 bridgehead atoms. The van der Waals surface area contributed by atoms with Gasteiger partial charge in [-0.1, -0.05) is 70.2 Å². The molecule has 1 spiro atoms. The van der Waals surface area contributed by atoms with E-state index in [2.05, 4.69) is 45.6 Å². The van der Waals surface area contributed by atoms with Crippen molar-refractivity contribution in [3.05, 3.63) is 106 Å². The van der Waals surface area contributed by atoms with Gasteiger partial charge in [-0.05, 0) is 53.5 Å². The molecule has 6 heterocycles. The van der Waals surface area contributed by atoms with Gasteiger partial charge < -0.3 is 39.9 Å². The summed E-state index contributed by atoms with van der Waals surface area (Å²) < 4.78 is 20.3. The van der Waals surface area contributed by atoms with E-state index in [1.807, 2.05) is 44.2 Å². The number of ether oxygens (including phenoxy) is 1. The van der Waals surface area contributed by atoms with Crippen LogP contribution in [0.15, 0.2) is 80.9 Å². The van der Waals surface area contributed by atoms with Crippen molar-refractivity contribution in [1.82, 2.24) is 25.9 Å². The lowest BCUT2D eigenvalue weighted by Gasteiger charge is -2.30. The van der Waals surface area contributed by atoms with E-state index in [4.69, 9.17) is 23.5 Å². The zero-order valence-corrected chi connectivity index (χ0v) is 29.5. The molecule has 5 N–H and O–H groups in total. The summed E-state index contributed by atoms with van der Waals surface area (Å²) in [5.41, 5.74) is 5.45. The molecule has 12 heteroatoms. The number of hydrogen-bond acceptors (Lipinski definition) is 10. The lowest BCUT2D eigenvalue weighted by molar-refractivity contribution is -0.135. The van der Waals surface area contributed by atoms with Gasteiger partial charge in [0, 0.05) is 29.9 Å². The van der Waals surface area contributed by atoms with Crippen LogP contribution in [0.1, 0.15) is 86.6 Å². The predicted molar refractivity (Wildman–Crippen MR) is 191 cm³/mol. The van der Waals surface area contributed by atoms with Gasteiger partial charge in [0.2, 0.25) is 23.6 Å². The number of benzene rings is 2. The van der Waals surface area contributed by atoms with Gasteiger partial charge in [-0.15, -0.1) is 0 Å². The Morgan fingerprint density at radius 3 is 2.77 bits per heavy atom. The van der Waals surface area contributed by atoms with Gasteiger partial charge in [0.05, 0.1) is 12.1 Å². The molecule has 4 aromatic rings. The Hall–Kier alpha value is -5.36. The number of carbonyl (C=O) groups is 2. The van der Waals surface area contributed by atoms with Crippen LogP contribution in [-0.2, 0) is 21.4 Å². The average Bonchev–Trinajstić information content (AvgIpc) is 3.96. The van der Waals surface area contributed by atoms with E-state index in [9.17, 15) is 14.7 Å². The second-order valence-electron chi connectivity index (χ2n) is 15.1. The van der Waals surface area contributed by atoms with Gasteiger partial charge in [-0.2, -0.15) is 0 Å². The largest absolute Gasteiger partial charge is 0.469 e. The van der Waals surface area contributed by atoms with E-state index >= 15 is 0 Å². The van der Waals surface area contributed by atoms with Crippen molar-refractivity contribution in [3.8, 4) is 17.3 Å². The molecule has 1 aliphatic carbocycles. The van der Waals surface area contributed by atoms with Crippen molar-refractivity contribution in [2.45, 2.75) is 82.7 Å². The first kappa shape index (κ1) is 32.5. The fraction of sp³-hybridized carbons (Fsp3) is 0.400. The second kappa shape index (κ2) is 12.1. The minimum atomic E-state index is -1.27. The number of anilines is 1. The molecule has 52 heavy (non-hydrogen) atoms. The number of fused-ring (bicyclic) bond motifs is 4. The lowest BCUT2D eigenvalue weighted by atomic mass is 9.70. The number of aliphatic hydroxyl groups is 1. The van der Waals surface area contributed by atoms with Crippen LogP contribution in [0.5, 0.6) is 5.75 Å². The number of oxazole rings is 2. The van der Waals surface area contributed by atoms with E-state index in [1.54, 1.807) is 20.0 Å². The maximum Gasteiger partial charge on any atom is 0.249 e. The zero-order valence-electron chi connectivity index (χ0n) is 29.5. The Morgan fingerprint density at radius 1 is 1.10 bits per heavy atom. The average molecular weight is 703 g/mol. The first-order chi connectivity index (χ1) is 25.1. The smallest absolute Gasteiger partial charge is 0.249 e. The highest BCUT2D eigenvalue weighted by atomic mass is 16.5. The van der Waals surface area contributed by atoms with Crippen molar-refractivity contribution < 1.29 is 28.3 Å². The van der Waals surface area contributed by atoms with Crippen LogP contribution >= 0.6 is 0 Å². The van der Waals surface area contributed by atoms with Crippen LogP contribution in [0.3, 0.4) is 0 Å². The zero-order chi connectivity index (χ0) is 35.9. The molecular weight excluding hydrogens is 660 g/mol. The van der Waals surface area contributed by atoms with E-state index in [1.165, 1.54) is 0 Å². The number of nitrogens with one attached hydrogen (secondary N) is 4. The number of aromatic nitrogens is 2. The summed E-state index contributed by atoms with van der Waals surface area (Å²) in [6.45, 7) is 8.15. The van der Waals surface area contributed by atoms with Crippen LogP contribution in [0.4, 0.5) is 5.69 Å². The minimum Gasteiger partial charge on any atom is -0.469 e. The molecule has 2 amide bonds. The topological polar surface area (TPSA) is 164 Å².